The second kappa shape index (κ2) is 5.72. The van der Waals surface area contributed by atoms with Crippen LogP contribution in [0.4, 0.5) is 0 Å². The van der Waals surface area contributed by atoms with E-state index in [1.54, 1.807) is 12.6 Å². The van der Waals surface area contributed by atoms with Crippen molar-refractivity contribution >= 4 is 16.9 Å². The van der Waals surface area contributed by atoms with E-state index in [2.05, 4.69) is 32.2 Å². The molecule has 6 nitrogen and oxygen atoms in total. The molecule has 1 N–H and O–H groups in total. The largest absolute Gasteiger partial charge is 0.464 e. The van der Waals surface area contributed by atoms with Crippen molar-refractivity contribution in [2.75, 3.05) is 0 Å². The molecule has 1 amide bonds. The zero-order valence-corrected chi connectivity index (χ0v) is 14.0. The molecule has 0 unspecified atom stereocenters. The molecule has 2 heterocycles. The zero-order valence-electron chi connectivity index (χ0n) is 14.0. The van der Waals surface area contributed by atoms with Gasteiger partial charge in [-0.1, -0.05) is 0 Å². The highest BCUT2D eigenvalue weighted by molar-refractivity contribution is 5.88. The van der Waals surface area contributed by atoms with Crippen molar-refractivity contribution in [1.82, 2.24) is 20.1 Å². The Morgan fingerprint density at radius 2 is 2.12 bits per heavy atom. The Bertz CT molecular complexity index is 952. The van der Waals surface area contributed by atoms with Crippen LogP contribution < -0.4 is 5.32 Å². The minimum atomic E-state index is -0.0199. The van der Waals surface area contributed by atoms with Crippen LogP contribution in [0.5, 0.6) is 0 Å². The van der Waals surface area contributed by atoms with Gasteiger partial charge in [-0.15, -0.1) is 10.2 Å². The maximum absolute atomic E-state index is 12.4. The minimum absolute atomic E-state index is 0.0199. The Morgan fingerprint density at radius 1 is 1.28 bits per heavy atom. The molecule has 128 valence electrons. The molecular weight excluding hydrogens is 316 g/mol. The van der Waals surface area contributed by atoms with Crippen LogP contribution in [-0.2, 0) is 30.6 Å². The van der Waals surface area contributed by atoms with Gasteiger partial charge in [0.1, 0.15) is 11.9 Å². The van der Waals surface area contributed by atoms with Crippen molar-refractivity contribution in [3.8, 4) is 0 Å². The second-order valence-electron chi connectivity index (χ2n) is 7.07. The molecule has 5 rings (SSSR count). The molecule has 0 radical (unpaired) electrons. The fraction of sp³-hybridized carbons (Fsp3) is 0.421. The van der Waals surface area contributed by atoms with Crippen LogP contribution in [0.15, 0.2) is 29.1 Å². The first kappa shape index (κ1) is 14.7. The summed E-state index contributed by atoms with van der Waals surface area (Å²) < 4.78 is 7.74. The molecule has 2 aliphatic rings. The number of benzene rings is 1. The van der Waals surface area contributed by atoms with Gasteiger partial charge in [0.25, 0.3) is 0 Å². The monoisotopic (exact) mass is 336 g/mol. The number of hydrogen-bond acceptors (Lipinski definition) is 4. The summed E-state index contributed by atoms with van der Waals surface area (Å²) in [6, 6.07) is 4.85. The Labute approximate surface area is 145 Å². The SMILES string of the molecule is O=C(Cc1coc2cc3c(cc12)CCC3)NCc1nncn1C1CC1. The smallest absolute Gasteiger partial charge is 0.224 e. The van der Waals surface area contributed by atoms with Gasteiger partial charge in [-0.3, -0.25) is 4.79 Å². The number of nitrogens with zero attached hydrogens (tertiary/aromatic N) is 3. The first-order valence-corrected chi connectivity index (χ1v) is 8.95. The number of rotatable bonds is 5. The molecule has 2 aliphatic carbocycles. The predicted molar refractivity (Wildman–Crippen MR) is 92.1 cm³/mol. The van der Waals surface area contributed by atoms with Crippen LogP contribution in [-0.4, -0.2) is 20.7 Å². The van der Waals surface area contributed by atoms with Crippen LogP contribution in [0.3, 0.4) is 0 Å². The molecule has 1 aromatic carbocycles. The molecule has 0 saturated heterocycles. The third-order valence-electron chi connectivity index (χ3n) is 5.25. The molecule has 1 saturated carbocycles. The summed E-state index contributed by atoms with van der Waals surface area (Å²) in [6.45, 7) is 0.417. The summed E-state index contributed by atoms with van der Waals surface area (Å²) >= 11 is 0. The van der Waals surface area contributed by atoms with E-state index < -0.39 is 0 Å². The molecule has 6 heteroatoms. The van der Waals surface area contributed by atoms with Crippen LogP contribution >= 0.6 is 0 Å². The number of aryl methyl sites for hydroxylation is 2. The Kier molecular flexibility index (Phi) is 3.36. The van der Waals surface area contributed by atoms with Gasteiger partial charge in [0.15, 0.2) is 5.82 Å². The van der Waals surface area contributed by atoms with Gasteiger partial charge in [0.2, 0.25) is 5.91 Å². The summed E-state index contributed by atoms with van der Waals surface area (Å²) in [5.41, 5.74) is 4.62. The predicted octanol–water partition coefficient (Wildman–Crippen LogP) is 2.71. The van der Waals surface area contributed by atoms with Crippen molar-refractivity contribution < 1.29 is 9.21 Å². The Morgan fingerprint density at radius 3 is 2.96 bits per heavy atom. The highest BCUT2D eigenvalue weighted by Crippen LogP contribution is 2.35. The van der Waals surface area contributed by atoms with Crippen molar-refractivity contribution in [3.05, 3.63) is 47.2 Å². The van der Waals surface area contributed by atoms with Crippen LogP contribution in [0.1, 0.15) is 47.8 Å². The molecule has 25 heavy (non-hydrogen) atoms. The van der Waals surface area contributed by atoms with Crippen LogP contribution in [0, 0.1) is 0 Å². The number of furan rings is 1. The van der Waals surface area contributed by atoms with E-state index in [9.17, 15) is 4.79 Å². The molecule has 1 fully saturated rings. The van der Waals surface area contributed by atoms with Crippen molar-refractivity contribution in [2.45, 2.75) is 51.1 Å². The standard InChI is InChI=1S/C19H20N4O2/c24-19(20-9-18-22-21-11-23(18)15-4-5-15)8-14-10-25-17-7-13-3-1-2-12(13)6-16(14)17/h6-7,10-11,15H,1-5,8-9H2,(H,20,24). The normalized spacial score (nSPS) is 16.3. The number of amides is 1. The van der Waals surface area contributed by atoms with Gasteiger partial charge in [-0.05, 0) is 55.4 Å². The zero-order chi connectivity index (χ0) is 16.8. The molecule has 0 aliphatic heterocycles. The number of aromatic nitrogens is 3. The molecule has 0 atom stereocenters. The number of hydrogen-bond donors (Lipinski definition) is 1. The number of nitrogens with one attached hydrogen (secondary N) is 1. The third-order valence-corrected chi connectivity index (χ3v) is 5.25. The quantitative estimate of drug-likeness (QED) is 0.777. The van der Waals surface area contributed by atoms with Gasteiger partial charge in [-0.25, -0.2) is 0 Å². The lowest BCUT2D eigenvalue weighted by Gasteiger charge is -2.06. The van der Waals surface area contributed by atoms with E-state index >= 15 is 0 Å². The van der Waals surface area contributed by atoms with Crippen LogP contribution in [0.2, 0.25) is 0 Å². The topological polar surface area (TPSA) is 73.0 Å². The summed E-state index contributed by atoms with van der Waals surface area (Å²) in [6.07, 6.45) is 9.59. The fourth-order valence-electron chi connectivity index (χ4n) is 3.75. The maximum atomic E-state index is 12.4. The summed E-state index contributed by atoms with van der Waals surface area (Å²) in [5, 5.41) is 12.1. The molecule has 3 aromatic rings. The van der Waals surface area contributed by atoms with Crippen molar-refractivity contribution in [2.24, 2.45) is 0 Å². The number of carbonyl (C=O) groups excluding carboxylic acids is 1. The van der Waals surface area contributed by atoms with Crippen molar-refractivity contribution in [3.63, 3.8) is 0 Å². The highest BCUT2D eigenvalue weighted by atomic mass is 16.3. The highest BCUT2D eigenvalue weighted by Gasteiger charge is 2.26. The average molecular weight is 336 g/mol. The minimum Gasteiger partial charge on any atom is -0.464 e. The second-order valence-corrected chi connectivity index (χ2v) is 7.07. The van der Waals surface area contributed by atoms with Gasteiger partial charge in [-0.2, -0.15) is 0 Å². The first-order chi connectivity index (χ1) is 12.3. The first-order valence-electron chi connectivity index (χ1n) is 8.95. The molecule has 0 bridgehead atoms. The van der Waals surface area contributed by atoms with Gasteiger partial charge in [0.05, 0.1) is 19.2 Å². The number of fused-ring (bicyclic) bond motifs is 2. The summed E-state index contributed by atoms with van der Waals surface area (Å²) in [7, 11) is 0. The molecule has 2 aromatic heterocycles. The van der Waals surface area contributed by atoms with Gasteiger partial charge < -0.3 is 14.3 Å². The third kappa shape index (κ3) is 2.71. The van der Waals surface area contributed by atoms with Gasteiger partial charge >= 0.3 is 0 Å². The Hall–Kier alpha value is -2.63. The van der Waals surface area contributed by atoms with E-state index in [1.165, 1.54) is 30.4 Å². The molecule has 0 spiro atoms. The summed E-state index contributed by atoms with van der Waals surface area (Å²) in [5.74, 6) is 0.805. The fourth-order valence-corrected chi connectivity index (χ4v) is 3.75. The Balaban J connectivity index is 1.29. The van der Waals surface area contributed by atoms with E-state index in [0.717, 1.165) is 35.2 Å². The van der Waals surface area contributed by atoms with E-state index in [-0.39, 0.29) is 5.91 Å². The van der Waals surface area contributed by atoms with Crippen molar-refractivity contribution in [1.29, 1.82) is 0 Å². The lowest BCUT2D eigenvalue weighted by atomic mass is 10.0. The lowest BCUT2D eigenvalue weighted by Crippen LogP contribution is -2.26. The molecular formula is C19H20N4O2. The van der Waals surface area contributed by atoms with Crippen LogP contribution in [0.25, 0.3) is 11.0 Å². The maximum Gasteiger partial charge on any atom is 0.224 e. The average Bonchev–Trinajstić information content (AvgIpc) is 3.03. The van der Waals surface area contributed by atoms with E-state index in [0.29, 0.717) is 19.0 Å². The van der Waals surface area contributed by atoms with E-state index in [4.69, 9.17) is 4.42 Å². The van der Waals surface area contributed by atoms with E-state index in [1.807, 2.05) is 0 Å². The van der Waals surface area contributed by atoms with Gasteiger partial charge in [0, 0.05) is 17.0 Å². The lowest BCUT2D eigenvalue weighted by molar-refractivity contribution is -0.120. The number of carbonyl (C=O) groups is 1. The summed E-state index contributed by atoms with van der Waals surface area (Å²) in [4.78, 5) is 12.4.